The van der Waals surface area contributed by atoms with Gasteiger partial charge in [0.1, 0.15) is 5.82 Å². The number of carbonyl (C=O) groups excluding carboxylic acids is 1. The number of pyridine rings is 1. The Kier molecular flexibility index (Phi) is 7.25. The van der Waals surface area contributed by atoms with Gasteiger partial charge in [-0.15, -0.1) is 0 Å². The zero-order valence-electron chi connectivity index (χ0n) is 16.8. The summed E-state index contributed by atoms with van der Waals surface area (Å²) in [5.74, 6) is -2.15. The fourth-order valence-corrected chi connectivity index (χ4v) is 3.42. The Bertz CT molecular complexity index is 992. The number of rotatable bonds is 8. The molecular formula is C21H24BrF2N3O3. The van der Waals surface area contributed by atoms with Crippen LogP contribution in [-0.4, -0.2) is 17.1 Å². The summed E-state index contributed by atoms with van der Waals surface area (Å²) < 4.78 is 31.0. The number of nitrogens with zero attached hydrogens (tertiary/aromatic N) is 1. The van der Waals surface area contributed by atoms with Crippen molar-refractivity contribution in [1.82, 2.24) is 10.0 Å². The second-order valence-corrected chi connectivity index (χ2v) is 8.41. The summed E-state index contributed by atoms with van der Waals surface area (Å²) in [5, 5.41) is 2.56. The molecule has 0 saturated heterocycles. The van der Waals surface area contributed by atoms with E-state index in [0.717, 1.165) is 19.3 Å². The van der Waals surface area contributed by atoms with Crippen molar-refractivity contribution in [1.29, 1.82) is 0 Å². The predicted molar refractivity (Wildman–Crippen MR) is 114 cm³/mol. The van der Waals surface area contributed by atoms with Crippen LogP contribution >= 0.6 is 15.9 Å². The van der Waals surface area contributed by atoms with E-state index in [4.69, 9.17) is 4.84 Å². The number of benzene rings is 1. The lowest BCUT2D eigenvalue weighted by Gasteiger charge is -2.24. The summed E-state index contributed by atoms with van der Waals surface area (Å²) in [5.41, 5.74) is 0.810. The Morgan fingerprint density at radius 2 is 2.10 bits per heavy atom. The molecule has 3 rings (SSSR count). The van der Waals surface area contributed by atoms with E-state index in [1.807, 2.05) is 6.92 Å². The Morgan fingerprint density at radius 1 is 1.37 bits per heavy atom. The van der Waals surface area contributed by atoms with Gasteiger partial charge in [0.05, 0.1) is 23.5 Å². The van der Waals surface area contributed by atoms with Crippen molar-refractivity contribution in [2.45, 2.75) is 45.6 Å². The van der Waals surface area contributed by atoms with Crippen LogP contribution in [0, 0.1) is 17.6 Å². The minimum Gasteiger partial charge on any atom is -0.350 e. The summed E-state index contributed by atoms with van der Waals surface area (Å²) >= 11 is 3.15. The van der Waals surface area contributed by atoms with Crippen LogP contribution in [0.4, 0.5) is 20.2 Å². The highest BCUT2D eigenvalue weighted by Crippen LogP contribution is 2.28. The number of amides is 1. The van der Waals surface area contributed by atoms with Crippen LogP contribution in [0.15, 0.2) is 33.7 Å². The van der Waals surface area contributed by atoms with E-state index in [2.05, 4.69) is 26.7 Å². The van der Waals surface area contributed by atoms with Crippen molar-refractivity contribution in [3.8, 4) is 0 Å². The maximum Gasteiger partial charge on any atom is 0.289 e. The van der Waals surface area contributed by atoms with Gasteiger partial charge in [-0.2, -0.15) is 4.39 Å². The molecule has 1 aromatic carbocycles. The molecule has 162 valence electrons. The van der Waals surface area contributed by atoms with Gasteiger partial charge in [0.25, 0.3) is 11.5 Å². The molecule has 1 unspecified atom stereocenters. The Labute approximate surface area is 181 Å². The minimum absolute atomic E-state index is 0.0674. The van der Waals surface area contributed by atoms with Gasteiger partial charge in [-0.25, -0.2) is 9.87 Å². The van der Waals surface area contributed by atoms with Crippen LogP contribution in [0.2, 0.25) is 0 Å². The summed E-state index contributed by atoms with van der Waals surface area (Å²) in [4.78, 5) is 30.6. The van der Waals surface area contributed by atoms with Crippen LogP contribution in [-0.2, 0) is 4.84 Å². The third kappa shape index (κ3) is 4.89. The number of aromatic nitrogens is 1. The van der Waals surface area contributed by atoms with Gasteiger partial charge in [0.2, 0.25) is 5.82 Å². The summed E-state index contributed by atoms with van der Waals surface area (Å²) in [7, 11) is 0. The maximum absolute atomic E-state index is 15.0. The van der Waals surface area contributed by atoms with Crippen molar-refractivity contribution < 1.29 is 18.4 Å². The van der Waals surface area contributed by atoms with Gasteiger partial charge in [-0.05, 0) is 50.3 Å². The number of carbonyl (C=O) groups is 1. The van der Waals surface area contributed by atoms with E-state index < -0.39 is 28.8 Å². The van der Waals surface area contributed by atoms with Gasteiger partial charge < -0.3 is 9.88 Å². The number of hydroxylamine groups is 1. The molecule has 1 atom stereocenters. The second kappa shape index (κ2) is 9.70. The Hall–Kier alpha value is -2.26. The van der Waals surface area contributed by atoms with E-state index in [-0.39, 0.29) is 17.3 Å². The lowest BCUT2D eigenvalue weighted by molar-refractivity contribution is 0.00316. The van der Waals surface area contributed by atoms with E-state index in [9.17, 15) is 14.0 Å². The average molecular weight is 484 g/mol. The standard InChI is InChI=1S/C21H24BrF2N3O3/c1-3-12(2)27-10-15(20(28)26-30-11-13-5-4-6-13)19(18(24)21(27)29)25-17-8-7-14(22)9-16(17)23/h7-10,12-13,25H,3-6,11H2,1-2H3,(H,26,28). The number of nitrogens with one attached hydrogen (secondary N) is 2. The Balaban J connectivity index is 1.96. The zero-order chi connectivity index (χ0) is 21.8. The van der Waals surface area contributed by atoms with Crippen molar-refractivity contribution in [3.63, 3.8) is 0 Å². The average Bonchev–Trinajstić information content (AvgIpc) is 2.68. The third-order valence-corrected chi connectivity index (χ3v) is 5.88. The number of hydrogen-bond donors (Lipinski definition) is 2. The SMILES string of the molecule is CCC(C)n1cc(C(=O)NOCC2CCC2)c(Nc2ccc(Br)cc2F)c(F)c1=O. The van der Waals surface area contributed by atoms with E-state index in [1.165, 1.54) is 22.9 Å². The summed E-state index contributed by atoms with van der Waals surface area (Å²) in [6, 6.07) is 3.81. The molecular weight excluding hydrogens is 460 g/mol. The summed E-state index contributed by atoms with van der Waals surface area (Å²) in [6.45, 7) is 3.96. The molecule has 2 N–H and O–H groups in total. The molecule has 1 saturated carbocycles. The van der Waals surface area contributed by atoms with Crippen molar-refractivity contribution in [3.05, 3.63) is 56.4 Å². The van der Waals surface area contributed by atoms with Crippen LogP contribution in [0.3, 0.4) is 0 Å². The van der Waals surface area contributed by atoms with E-state index in [1.54, 1.807) is 13.0 Å². The topological polar surface area (TPSA) is 72.4 Å². The van der Waals surface area contributed by atoms with Crippen LogP contribution in [0.25, 0.3) is 0 Å². The molecule has 0 radical (unpaired) electrons. The molecule has 0 spiro atoms. The van der Waals surface area contributed by atoms with Crippen LogP contribution < -0.4 is 16.4 Å². The molecule has 1 heterocycles. The largest absolute Gasteiger partial charge is 0.350 e. The predicted octanol–water partition coefficient (Wildman–Crippen LogP) is 5.07. The van der Waals surface area contributed by atoms with Gasteiger partial charge >= 0.3 is 0 Å². The highest BCUT2D eigenvalue weighted by atomic mass is 79.9. The lowest BCUT2D eigenvalue weighted by atomic mass is 9.86. The highest BCUT2D eigenvalue weighted by Gasteiger charge is 2.24. The fraction of sp³-hybridized carbons (Fsp3) is 0.429. The Morgan fingerprint density at radius 3 is 2.70 bits per heavy atom. The first-order valence-electron chi connectivity index (χ1n) is 9.90. The highest BCUT2D eigenvalue weighted by molar-refractivity contribution is 9.10. The molecule has 1 aliphatic rings. The molecule has 1 aromatic heterocycles. The maximum atomic E-state index is 15.0. The molecule has 30 heavy (non-hydrogen) atoms. The third-order valence-electron chi connectivity index (χ3n) is 5.39. The second-order valence-electron chi connectivity index (χ2n) is 7.49. The number of hydrogen-bond acceptors (Lipinski definition) is 4. The van der Waals surface area contributed by atoms with Crippen molar-refractivity contribution in [2.75, 3.05) is 11.9 Å². The first-order valence-corrected chi connectivity index (χ1v) is 10.7. The normalized spacial score (nSPS) is 14.8. The fourth-order valence-electron chi connectivity index (χ4n) is 3.08. The van der Waals surface area contributed by atoms with Crippen LogP contribution in [0.5, 0.6) is 0 Å². The molecule has 9 heteroatoms. The lowest BCUT2D eigenvalue weighted by Crippen LogP contribution is -2.33. The molecule has 0 bridgehead atoms. The van der Waals surface area contributed by atoms with E-state index in [0.29, 0.717) is 23.4 Å². The molecule has 2 aromatic rings. The van der Waals surface area contributed by atoms with Gasteiger partial charge in [-0.3, -0.25) is 14.4 Å². The van der Waals surface area contributed by atoms with Crippen LogP contribution in [0.1, 0.15) is 55.9 Å². The van der Waals surface area contributed by atoms with Crippen molar-refractivity contribution >= 4 is 33.2 Å². The quantitative estimate of drug-likeness (QED) is 0.514. The smallest absolute Gasteiger partial charge is 0.289 e. The molecule has 1 aliphatic carbocycles. The van der Waals surface area contributed by atoms with Gasteiger partial charge in [0, 0.05) is 16.7 Å². The molecule has 1 fully saturated rings. The van der Waals surface area contributed by atoms with Gasteiger partial charge in [0.15, 0.2) is 0 Å². The summed E-state index contributed by atoms with van der Waals surface area (Å²) in [6.07, 6.45) is 5.06. The van der Waals surface area contributed by atoms with Crippen molar-refractivity contribution in [2.24, 2.45) is 5.92 Å². The first kappa shape index (κ1) is 22.4. The van der Waals surface area contributed by atoms with E-state index >= 15 is 4.39 Å². The molecule has 6 nitrogen and oxygen atoms in total. The number of anilines is 2. The molecule has 1 amide bonds. The zero-order valence-corrected chi connectivity index (χ0v) is 18.4. The monoisotopic (exact) mass is 483 g/mol. The number of halogens is 3. The van der Waals surface area contributed by atoms with Gasteiger partial charge in [-0.1, -0.05) is 29.3 Å². The molecule has 0 aliphatic heterocycles. The minimum atomic E-state index is -1.16. The first-order chi connectivity index (χ1) is 14.3.